The number of carbonyl (C=O) groups excluding carboxylic acids is 3. The number of nitriles is 1. The van der Waals surface area contributed by atoms with Crippen LogP contribution in [0.1, 0.15) is 35.6 Å². The lowest BCUT2D eigenvalue weighted by Crippen LogP contribution is -2.55. The molecule has 0 bridgehead atoms. The minimum atomic E-state index is -1.14. The molecule has 25 heavy (non-hydrogen) atoms. The van der Waals surface area contributed by atoms with Gasteiger partial charge in [-0.25, -0.2) is 9.59 Å². The molecule has 0 aromatic heterocycles. The molecular weight excluding hydrogens is 326 g/mol. The largest absolute Gasteiger partial charge is 0.417 e. The van der Waals surface area contributed by atoms with Gasteiger partial charge < -0.3 is 14.4 Å². The zero-order valence-corrected chi connectivity index (χ0v) is 13.3. The summed E-state index contributed by atoms with van der Waals surface area (Å²) in [5.74, 6) is -1.53. The van der Waals surface area contributed by atoms with Crippen molar-refractivity contribution in [2.24, 2.45) is 0 Å². The quantitative estimate of drug-likeness (QED) is 0.460. The van der Waals surface area contributed by atoms with E-state index in [1.54, 1.807) is 36.1 Å². The molecule has 0 radical (unpaired) electrons. The predicted octanol–water partition coefficient (Wildman–Crippen LogP) is 1.03. The highest BCUT2D eigenvalue weighted by atomic mass is 16.7. The van der Waals surface area contributed by atoms with E-state index in [4.69, 9.17) is 14.7 Å². The molecule has 1 saturated heterocycles. The molecule has 0 aliphatic carbocycles. The second-order valence-electron chi connectivity index (χ2n) is 5.90. The number of β-lactam (4-membered cyclic amide) rings is 1. The molecule has 0 N–H and O–H groups in total. The van der Waals surface area contributed by atoms with Crippen LogP contribution in [0.5, 0.6) is 0 Å². The normalized spacial score (nSPS) is 23.7. The molecule has 0 saturated carbocycles. The lowest BCUT2D eigenvalue weighted by molar-refractivity contribution is -0.168. The molecule has 1 aromatic rings. The molecule has 1 fully saturated rings. The van der Waals surface area contributed by atoms with Gasteiger partial charge in [0.1, 0.15) is 12.7 Å². The highest BCUT2D eigenvalue weighted by Crippen LogP contribution is 2.40. The number of ether oxygens (including phenoxy) is 2. The van der Waals surface area contributed by atoms with E-state index in [1.165, 1.54) is 4.90 Å². The first-order valence-corrected chi connectivity index (χ1v) is 7.70. The van der Waals surface area contributed by atoms with E-state index in [0.717, 1.165) is 0 Å². The second kappa shape index (κ2) is 5.34. The molecule has 3 aliphatic rings. The van der Waals surface area contributed by atoms with Gasteiger partial charge in [0.25, 0.3) is 6.29 Å². The lowest BCUT2D eigenvalue weighted by Gasteiger charge is -2.39. The van der Waals surface area contributed by atoms with Gasteiger partial charge in [-0.05, 0) is 13.0 Å². The first kappa shape index (κ1) is 15.2. The number of amides is 1. The Morgan fingerprint density at radius 3 is 2.88 bits per heavy atom. The Bertz CT molecular complexity index is 885. The van der Waals surface area contributed by atoms with Crippen molar-refractivity contribution in [1.29, 1.82) is 5.26 Å². The average Bonchev–Trinajstić information content (AvgIpc) is 3.02. The van der Waals surface area contributed by atoms with Crippen LogP contribution in [-0.4, -0.2) is 40.4 Å². The average molecular weight is 339 g/mol. The van der Waals surface area contributed by atoms with E-state index >= 15 is 0 Å². The number of fused-ring (bicyclic) bond motifs is 2. The third-order valence-electron chi connectivity index (χ3n) is 4.60. The molecule has 1 amide bonds. The van der Waals surface area contributed by atoms with Crippen LogP contribution in [0, 0.1) is 11.3 Å². The molecule has 8 heteroatoms. The van der Waals surface area contributed by atoms with Crippen molar-refractivity contribution < 1.29 is 23.9 Å². The van der Waals surface area contributed by atoms with Gasteiger partial charge in [0, 0.05) is 11.3 Å². The van der Waals surface area contributed by atoms with Gasteiger partial charge in [-0.2, -0.15) is 5.26 Å². The smallest absolute Gasteiger partial charge is 0.360 e. The number of nitrogens with zero attached hydrogens (tertiary/aromatic N) is 3. The van der Waals surface area contributed by atoms with Crippen molar-refractivity contribution in [1.82, 2.24) is 9.80 Å². The van der Waals surface area contributed by atoms with Gasteiger partial charge >= 0.3 is 11.9 Å². The minimum Gasteiger partial charge on any atom is -0.417 e. The van der Waals surface area contributed by atoms with Crippen LogP contribution < -0.4 is 0 Å². The summed E-state index contributed by atoms with van der Waals surface area (Å²) in [6.07, 6.45) is -1.22. The predicted molar refractivity (Wildman–Crippen MR) is 81.0 cm³/mol. The van der Waals surface area contributed by atoms with Crippen LogP contribution in [0.3, 0.4) is 0 Å². The van der Waals surface area contributed by atoms with Crippen molar-refractivity contribution in [2.75, 3.05) is 6.54 Å². The molecule has 126 valence electrons. The van der Waals surface area contributed by atoms with E-state index < -0.39 is 18.2 Å². The Morgan fingerprint density at radius 1 is 1.40 bits per heavy atom. The molecule has 2 atom stereocenters. The maximum absolute atomic E-state index is 12.6. The summed E-state index contributed by atoms with van der Waals surface area (Å²) < 4.78 is 10.5. The number of allylic oxidation sites excluding steroid dienone is 1. The van der Waals surface area contributed by atoms with Crippen molar-refractivity contribution in [3.63, 3.8) is 0 Å². The second-order valence-corrected chi connectivity index (χ2v) is 5.90. The fourth-order valence-corrected chi connectivity index (χ4v) is 3.36. The zero-order valence-electron chi connectivity index (χ0n) is 13.3. The van der Waals surface area contributed by atoms with Gasteiger partial charge in [0.2, 0.25) is 5.91 Å². The summed E-state index contributed by atoms with van der Waals surface area (Å²) in [7, 11) is 0. The summed E-state index contributed by atoms with van der Waals surface area (Å²) in [6, 6.07) is 8.67. The molecule has 3 heterocycles. The molecular formula is C17H13N3O5. The number of rotatable bonds is 3. The van der Waals surface area contributed by atoms with Crippen molar-refractivity contribution in [3.05, 3.63) is 46.8 Å². The summed E-state index contributed by atoms with van der Waals surface area (Å²) in [4.78, 5) is 39.4. The summed E-state index contributed by atoms with van der Waals surface area (Å²) in [6.45, 7) is 1.73. The number of carbonyl (C=O) groups is 3. The standard InChI is InChI=1S/C17H13N3O5/c1-9-14(20-12(8-13(20)21)19(9)7-6-18)16(23)25-17-11-5-3-2-4-10(11)15(22)24-17/h2-5,12,17H,7-8H2,1H3. The fraction of sp³-hybridized carbons (Fsp3) is 0.294. The first-order chi connectivity index (χ1) is 12.0. The van der Waals surface area contributed by atoms with Crippen molar-refractivity contribution in [2.45, 2.75) is 25.8 Å². The Kier molecular flexibility index (Phi) is 3.25. The SMILES string of the molecule is CC1=C(C(=O)OC2OC(=O)c3ccccc32)N2C(=O)CC2N1CC#N. The van der Waals surface area contributed by atoms with E-state index in [1.807, 2.05) is 6.07 Å². The fourth-order valence-electron chi connectivity index (χ4n) is 3.36. The van der Waals surface area contributed by atoms with Crippen LogP contribution >= 0.6 is 0 Å². The number of esters is 2. The molecule has 0 spiro atoms. The third-order valence-corrected chi connectivity index (χ3v) is 4.60. The summed E-state index contributed by atoms with van der Waals surface area (Å²) in [5, 5.41) is 8.94. The van der Waals surface area contributed by atoms with Crippen LogP contribution in [0.2, 0.25) is 0 Å². The van der Waals surface area contributed by atoms with Crippen molar-refractivity contribution >= 4 is 17.8 Å². The van der Waals surface area contributed by atoms with E-state index in [9.17, 15) is 14.4 Å². The topological polar surface area (TPSA) is 99.9 Å². The molecule has 4 rings (SSSR count). The Balaban J connectivity index is 1.60. The van der Waals surface area contributed by atoms with E-state index in [-0.39, 0.29) is 30.7 Å². The van der Waals surface area contributed by atoms with Crippen molar-refractivity contribution in [3.8, 4) is 6.07 Å². The van der Waals surface area contributed by atoms with Crippen LogP contribution in [0.25, 0.3) is 0 Å². The van der Waals surface area contributed by atoms with E-state index in [0.29, 0.717) is 16.8 Å². The van der Waals surface area contributed by atoms with E-state index in [2.05, 4.69) is 0 Å². The maximum Gasteiger partial charge on any atom is 0.360 e. The number of benzene rings is 1. The molecule has 8 nitrogen and oxygen atoms in total. The highest BCUT2D eigenvalue weighted by molar-refractivity contribution is 5.99. The van der Waals surface area contributed by atoms with Gasteiger partial charge in [0.15, 0.2) is 5.70 Å². The Morgan fingerprint density at radius 2 is 2.16 bits per heavy atom. The number of hydrogen-bond acceptors (Lipinski definition) is 7. The molecule has 1 aromatic carbocycles. The van der Waals surface area contributed by atoms with Crippen LogP contribution in [0.15, 0.2) is 35.7 Å². The Labute approximate surface area is 142 Å². The Hall–Kier alpha value is -3.34. The lowest BCUT2D eigenvalue weighted by atomic mass is 10.1. The van der Waals surface area contributed by atoms with Gasteiger partial charge in [0.05, 0.1) is 18.1 Å². The van der Waals surface area contributed by atoms with Crippen LogP contribution in [0.4, 0.5) is 0 Å². The van der Waals surface area contributed by atoms with Gasteiger partial charge in [-0.3, -0.25) is 9.69 Å². The highest BCUT2D eigenvalue weighted by Gasteiger charge is 2.51. The van der Waals surface area contributed by atoms with Gasteiger partial charge in [-0.15, -0.1) is 0 Å². The third kappa shape index (κ3) is 2.09. The number of hydrogen-bond donors (Lipinski definition) is 0. The molecule has 3 aliphatic heterocycles. The summed E-state index contributed by atoms with van der Waals surface area (Å²) >= 11 is 0. The maximum atomic E-state index is 12.6. The summed E-state index contributed by atoms with van der Waals surface area (Å²) in [5.41, 5.74) is 1.41. The monoisotopic (exact) mass is 339 g/mol. The first-order valence-electron chi connectivity index (χ1n) is 7.70. The molecule has 2 unspecified atom stereocenters. The number of cyclic esters (lactones) is 1. The minimum absolute atomic E-state index is 0.0678. The van der Waals surface area contributed by atoms with Crippen LogP contribution in [-0.2, 0) is 19.1 Å². The van der Waals surface area contributed by atoms with Gasteiger partial charge in [-0.1, -0.05) is 18.2 Å². The zero-order chi connectivity index (χ0) is 17.7.